The maximum absolute atomic E-state index is 13.8. The van der Waals surface area contributed by atoms with Crippen molar-refractivity contribution in [3.05, 3.63) is 64.9 Å². The number of piperidine rings is 1. The minimum absolute atomic E-state index is 0.159. The van der Waals surface area contributed by atoms with Gasteiger partial charge in [0, 0.05) is 48.4 Å². The van der Waals surface area contributed by atoms with Crippen LogP contribution in [0.5, 0.6) is 0 Å². The van der Waals surface area contributed by atoms with Gasteiger partial charge in [-0.05, 0) is 80.8 Å². The summed E-state index contributed by atoms with van der Waals surface area (Å²) in [5, 5.41) is 10.8. The van der Waals surface area contributed by atoms with Gasteiger partial charge in [0.15, 0.2) is 0 Å². The Bertz CT molecular complexity index is 1540. The van der Waals surface area contributed by atoms with E-state index >= 15 is 0 Å². The number of amides is 3. The van der Waals surface area contributed by atoms with Gasteiger partial charge in [0.05, 0.1) is 23.1 Å². The van der Waals surface area contributed by atoms with Crippen LogP contribution in [0.25, 0.3) is 11.3 Å². The number of nitrogens with zero attached hydrogens (tertiary/aromatic N) is 4. The molecule has 0 spiro atoms. The zero-order chi connectivity index (χ0) is 27.5. The normalized spacial score (nSPS) is 24.1. The lowest BCUT2D eigenvalue weighted by atomic mass is 9.80. The second-order valence-corrected chi connectivity index (χ2v) is 11.6. The molecular formula is C30H31FN6O3. The number of carbonyl (C=O) groups is 3. The molecule has 2 N–H and O–H groups in total. The molecule has 2 aromatic heterocycles. The molecule has 4 aliphatic rings. The summed E-state index contributed by atoms with van der Waals surface area (Å²) in [6.45, 7) is 2.88. The molecule has 206 valence electrons. The van der Waals surface area contributed by atoms with E-state index in [1.807, 2.05) is 18.2 Å². The fourth-order valence-corrected chi connectivity index (χ4v) is 6.17. The van der Waals surface area contributed by atoms with Crippen molar-refractivity contribution in [3.63, 3.8) is 0 Å². The third-order valence-electron chi connectivity index (χ3n) is 8.73. The molecule has 0 bridgehead atoms. The summed E-state index contributed by atoms with van der Waals surface area (Å²) in [6, 6.07) is 8.70. The molecule has 7 rings (SSSR count). The van der Waals surface area contributed by atoms with Crippen molar-refractivity contribution in [2.24, 2.45) is 5.92 Å². The summed E-state index contributed by atoms with van der Waals surface area (Å²) < 4.78 is 15.9. The third kappa shape index (κ3) is 4.45. The molecule has 9 nitrogen and oxygen atoms in total. The molecule has 4 heterocycles. The van der Waals surface area contributed by atoms with Crippen LogP contribution in [-0.4, -0.2) is 50.0 Å². The number of pyridine rings is 1. The van der Waals surface area contributed by atoms with Gasteiger partial charge in [0.25, 0.3) is 5.91 Å². The Balaban J connectivity index is 0.971. The van der Waals surface area contributed by atoms with Crippen molar-refractivity contribution >= 4 is 23.4 Å². The van der Waals surface area contributed by atoms with Gasteiger partial charge in [-0.3, -0.25) is 24.4 Å². The average molecular weight is 543 g/mol. The highest BCUT2D eigenvalue weighted by molar-refractivity contribution is 6.05. The molecule has 10 heteroatoms. The summed E-state index contributed by atoms with van der Waals surface area (Å²) >= 11 is 0. The van der Waals surface area contributed by atoms with Crippen LogP contribution >= 0.6 is 0 Å². The monoisotopic (exact) mass is 542 g/mol. The second kappa shape index (κ2) is 9.53. The van der Waals surface area contributed by atoms with Gasteiger partial charge in [0.2, 0.25) is 11.8 Å². The minimum atomic E-state index is -0.605. The number of carbonyl (C=O) groups excluding carboxylic acids is 3. The molecular weight excluding hydrogens is 511 g/mol. The number of aromatic nitrogens is 3. The first-order valence-electron chi connectivity index (χ1n) is 14.1. The Morgan fingerprint density at radius 1 is 1.07 bits per heavy atom. The Labute approximate surface area is 231 Å². The predicted octanol–water partition coefficient (Wildman–Crippen LogP) is 4.09. The molecule has 2 saturated carbocycles. The fraction of sp³-hybridized carbons (Fsp3) is 0.433. The molecule has 2 aliphatic heterocycles. The van der Waals surface area contributed by atoms with E-state index in [-0.39, 0.29) is 24.1 Å². The van der Waals surface area contributed by atoms with E-state index in [1.54, 1.807) is 17.9 Å². The van der Waals surface area contributed by atoms with Crippen LogP contribution in [0.2, 0.25) is 0 Å². The zero-order valence-corrected chi connectivity index (χ0v) is 22.3. The molecule has 3 aromatic rings. The number of nitrogens with one attached hydrogen (secondary N) is 2. The first-order valence-corrected chi connectivity index (χ1v) is 14.1. The van der Waals surface area contributed by atoms with Gasteiger partial charge >= 0.3 is 0 Å². The number of rotatable bonds is 7. The molecule has 40 heavy (non-hydrogen) atoms. The number of hydrogen-bond acceptors (Lipinski definition) is 6. The molecule has 0 radical (unpaired) electrons. The Hall–Kier alpha value is -4.08. The standard InChI is InChI=1S/C30H31FN6O3/c1-16-24(31)6-7-25(33-16)23-15-37(35-28(23)18-2-3-18)21-10-17(11-21)13-32-20-4-5-22-19(12-20)14-36(30(22)40)26-8-9-27(38)34-29(26)39/h4-7,12,15,17-18,21,26,32H,2-3,8-11,13-14H2,1H3,(H,34,38,39)/t17-,21-,26-/m1/s1. The van der Waals surface area contributed by atoms with Crippen LogP contribution in [0.15, 0.2) is 36.5 Å². The number of fused-ring (bicyclic) bond motifs is 1. The summed E-state index contributed by atoms with van der Waals surface area (Å²) in [7, 11) is 0. The Morgan fingerprint density at radius 3 is 2.65 bits per heavy atom. The van der Waals surface area contributed by atoms with E-state index in [1.165, 1.54) is 6.07 Å². The first kappa shape index (κ1) is 24.9. The van der Waals surface area contributed by atoms with E-state index < -0.39 is 11.9 Å². The number of aryl methyl sites for hydroxylation is 1. The zero-order valence-electron chi connectivity index (χ0n) is 22.3. The van der Waals surface area contributed by atoms with E-state index in [9.17, 15) is 18.8 Å². The molecule has 1 saturated heterocycles. The number of hydrogen-bond donors (Lipinski definition) is 2. The minimum Gasteiger partial charge on any atom is -0.385 e. The highest BCUT2D eigenvalue weighted by Gasteiger charge is 2.39. The van der Waals surface area contributed by atoms with Gasteiger partial charge < -0.3 is 10.2 Å². The predicted molar refractivity (Wildman–Crippen MR) is 145 cm³/mol. The number of imide groups is 1. The van der Waals surface area contributed by atoms with Crippen molar-refractivity contribution < 1.29 is 18.8 Å². The summed E-state index contributed by atoms with van der Waals surface area (Å²) in [5.74, 6) is -0.158. The maximum atomic E-state index is 13.8. The van der Waals surface area contributed by atoms with Crippen molar-refractivity contribution in [1.29, 1.82) is 0 Å². The average Bonchev–Trinajstić information content (AvgIpc) is 3.58. The lowest BCUT2D eigenvalue weighted by molar-refractivity contribution is -0.136. The summed E-state index contributed by atoms with van der Waals surface area (Å²) in [4.78, 5) is 42.8. The van der Waals surface area contributed by atoms with Crippen molar-refractivity contribution in [3.8, 4) is 11.3 Å². The van der Waals surface area contributed by atoms with Gasteiger partial charge in [-0.15, -0.1) is 0 Å². The van der Waals surface area contributed by atoms with Gasteiger partial charge in [-0.2, -0.15) is 5.10 Å². The van der Waals surface area contributed by atoms with Crippen molar-refractivity contribution in [1.82, 2.24) is 25.0 Å². The van der Waals surface area contributed by atoms with E-state index in [2.05, 4.69) is 26.5 Å². The van der Waals surface area contributed by atoms with Crippen molar-refractivity contribution in [2.45, 2.75) is 70.0 Å². The van der Waals surface area contributed by atoms with E-state index in [4.69, 9.17) is 5.10 Å². The van der Waals surface area contributed by atoms with Crippen LogP contribution in [0.4, 0.5) is 10.1 Å². The van der Waals surface area contributed by atoms with E-state index in [0.29, 0.717) is 42.1 Å². The van der Waals surface area contributed by atoms with Gasteiger partial charge in [-0.1, -0.05) is 0 Å². The molecule has 1 aromatic carbocycles. The first-order chi connectivity index (χ1) is 19.3. The highest BCUT2D eigenvalue weighted by Crippen LogP contribution is 2.45. The van der Waals surface area contributed by atoms with Gasteiger partial charge in [-0.25, -0.2) is 9.37 Å². The van der Waals surface area contributed by atoms with Crippen LogP contribution in [0.3, 0.4) is 0 Å². The number of halogens is 1. The molecule has 1 atom stereocenters. The van der Waals surface area contributed by atoms with Crippen LogP contribution < -0.4 is 10.6 Å². The fourth-order valence-electron chi connectivity index (χ4n) is 6.17. The van der Waals surface area contributed by atoms with Crippen LogP contribution in [0, 0.1) is 18.7 Å². The second-order valence-electron chi connectivity index (χ2n) is 11.6. The molecule has 0 unspecified atom stereocenters. The number of anilines is 1. The quantitative estimate of drug-likeness (QED) is 0.436. The summed E-state index contributed by atoms with van der Waals surface area (Å²) in [5.41, 5.74) is 5.76. The Morgan fingerprint density at radius 2 is 1.90 bits per heavy atom. The highest BCUT2D eigenvalue weighted by atomic mass is 19.1. The van der Waals surface area contributed by atoms with Gasteiger partial charge in [0.1, 0.15) is 11.9 Å². The lowest BCUT2D eigenvalue weighted by Crippen LogP contribution is -2.52. The molecule has 3 fully saturated rings. The van der Waals surface area contributed by atoms with Crippen LogP contribution in [-0.2, 0) is 16.1 Å². The SMILES string of the molecule is Cc1nc(-c2cn([C@H]3C[C@H](CNc4ccc5c(c4)CN([C@@H]4CCC(=O)NC4=O)C5=O)C3)nc2C2CC2)ccc1F. The lowest BCUT2D eigenvalue weighted by Gasteiger charge is -2.35. The third-order valence-corrected chi connectivity index (χ3v) is 8.73. The molecule has 3 amide bonds. The Kier molecular flexibility index (Phi) is 5.94. The number of benzene rings is 1. The van der Waals surface area contributed by atoms with Crippen LogP contribution in [0.1, 0.15) is 77.8 Å². The van der Waals surface area contributed by atoms with E-state index in [0.717, 1.165) is 60.4 Å². The summed E-state index contributed by atoms with van der Waals surface area (Å²) in [6.07, 6.45) is 7.00. The molecule has 2 aliphatic carbocycles. The topological polar surface area (TPSA) is 109 Å². The maximum Gasteiger partial charge on any atom is 0.255 e. The largest absolute Gasteiger partial charge is 0.385 e. The smallest absolute Gasteiger partial charge is 0.255 e. The van der Waals surface area contributed by atoms with Crippen molar-refractivity contribution in [2.75, 3.05) is 11.9 Å².